The van der Waals surface area contributed by atoms with Gasteiger partial charge in [0.1, 0.15) is 12.4 Å². The first-order valence-electron chi connectivity index (χ1n) is 18.0. The molecule has 0 bridgehead atoms. The second-order valence-corrected chi connectivity index (χ2v) is 10.6. The molecule has 13 heteroatoms. The molecule has 0 heterocycles. The van der Waals surface area contributed by atoms with Gasteiger partial charge in [0, 0.05) is 6.61 Å². The maximum absolute atomic E-state index is 5.56. The number of rotatable bonds is 42. The second-order valence-electron chi connectivity index (χ2n) is 10.6. The predicted octanol–water partition coefficient (Wildman–Crippen LogP) is 3.84. The molecular formula is C36H66O13. The van der Waals surface area contributed by atoms with E-state index in [1.165, 1.54) is 19.3 Å². The predicted molar refractivity (Wildman–Crippen MR) is 186 cm³/mol. The van der Waals surface area contributed by atoms with Gasteiger partial charge in [-0.15, -0.1) is 0 Å². The Morgan fingerprint density at radius 3 is 0.837 bits per heavy atom. The van der Waals surface area contributed by atoms with Crippen molar-refractivity contribution in [1.29, 1.82) is 0 Å². The molecule has 0 fully saturated rings. The Kier molecular flexibility index (Phi) is 38.1. The monoisotopic (exact) mass is 706 g/mol. The molecule has 1 aromatic rings. The van der Waals surface area contributed by atoms with E-state index in [4.69, 9.17) is 61.6 Å². The normalized spacial score (nSPS) is 11.4. The van der Waals surface area contributed by atoms with Gasteiger partial charge in [-0.05, 0) is 18.6 Å². The standard InChI is InChI=1S/C36H66O13/c1-2-3-4-8-11-37-12-13-38-14-15-39-16-17-40-18-19-41-20-21-42-22-23-43-24-25-44-26-27-45-28-29-46-30-31-47-32-33-48-34-35-49-36-9-6-5-7-10-36/h5-7,9-10H,2-4,8,11-35H2,1H3. The number of para-hydroxylation sites is 1. The molecule has 0 aliphatic heterocycles. The van der Waals surface area contributed by atoms with Crippen LogP contribution in [0.1, 0.15) is 32.6 Å². The van der Waals surface area contributed by atoms with E-state index in [1.807, 2.05) is 30.3 Å². The van der Waals surface area contributed by atoms with Crippen molar-refractivity contribution in [3.05, 3.63) is 30.3 Å². The van der Waals surface area contributed by atoms with E-state index in [-0.39, 0.29) is 0 Å². The summed E-state index contributed by atoms with van der Waals surface area (Å²) < 4.78 is 71.5. The lowest BCUT2D eigenvalue weighted by Crippen LogP contribution is -2.15. The largest absolute Gasteiger partial charge is 0.491 e. The number of unbranched alkanes of at least 4 members (excludes halogenated alkanes) is 3. The number of ether oxygens (including phenoxy) is 13. The Labute approximate surface area is 295 Å². The first-order chi connectivity index (χ1) is 24.4. The first-order valence-corrected chi connectivity index (χ1v) is 18.0. The van der Waals surface area contributed by atoms with Crippen molar-refractivity contribution < 1.29 is 61.6 Å². The van der Waals surface area contributed by atoms with Gasteiger partial charge in [0.15, 0.2) is 0 Å². The smallest absolute Gasteiger partial charge is 0.119 e. The van der Waals surface area contributed by atoms with Gasteiger partial charge in [0.25, 0.3) is 0 Å². The number of hydrogen-bond acceptors (Lipinski definition) is 13. The van der Waals surface area contributed by atoms with Crippen molar-refractivity contribution in [2.45, 2.75) is 32.6 Å². The van der Waals surface area contributed by atoms with Crippen LogP contribution in [0.25, 0.3) is 0 Å². The molecule has 13 nitrogen and oxygen atoms in total. The molecule has 0 N–H and O–H groups in total. The minimum atomic E-state index is 0.512. The highest BCUT2D eigenvalue weighted by Crippen LogP contribution is 2.07. The fourth-order valence-corrected chi connectivity index (χ4v) is 3.89. The highest BCUT2D eigenvalue weighted by Gasteiger charge is 1.97. The Hall–Kier alpha value is -1.46. The maximum atomic E-state index is 5.56. The number of hydrogen-bond donors (Lipinski definition) is 0. The van der Waals surface area contributed by atoms with E-state index in [1.54, 1.807) is 0 Å². The summed E-state index contributed by atoms with van der Waals surface area (Å²) in [6.07, 6.45) is 4.89. The Bertz CT molecular complexity index is 732. The van der Waals surface area contributed by atoms with Crippen LogP contribution in [0.5, 0.6) is 5.75 Å². The van der Waals surface area contributed by atoms with Crippen LogP contribution in [0, 0.1) is 0 Å². The van der Waals surface area contributed by atoms with Crippen LogP contribution in [0.4, 0.5) is 0 Å². The molecule has 0 aliphatic rings. The van der Waals surface area contributed by atoms with Crippen molar-refractivity contribution in [1.82, 2.24) is 0 Å². The van der Waals surface area contributed by atoms with Gasteiger partial charge in [0.05, 0.1) is 152 Å². The second kappa shape index (κ2) is 41.0. The fraction of sp³-hybridized carbons (Fsp3) is 0.833. The SMILES string of the molecule is CCCCCCOCCOCCOCCOCCOCCOCCOCCOCCOCCOCCOCCOCCOc1ccccc1. The van der Waals surface area contributed by atoms with Gasteiger partial charge in [-0.25, -0.2) is 0 Å². The minimum Gasteiger partial charge on any atom is -0.491 e. The van der Waals surface area contributed by atoms with E-state index in [0.29, 0.717) is 159 Å². The van der Waals surface area contributed by atoms with Crippen molar-refractivity contribution in [2.75, 3.05) is 165 Å². The van der Waals surface area contributed by atoms with E-state index < -0.39 is 0 Å². The van der Waals surface area contributed by atoms with Crippen LogP contribution in [0.3, 0.4) is 0 Å². The van der Waals surface area contributed by atoms with Gasteiger partial charge in [-0.3, -0.25) is 0 Å². The van der Waals surface area contributed by atoms with Crippen LogP contribution in [-0.2, 0) is 56.8 Å². The van der Waals surface area contributed by atoms with Crippen molar-refractivity contribution in [3.63, 3.8) is 0 Å². The molecule has 1 aromatic carbocycles. The molecule has 288 valence electrons. The fourth-order valence-electron chi connectivity index (χ4n) is 3.89. The maximum Gasteiger partial charge on any atom is 0.119 e. The highest BCUT2D eigenvalue weighted by atomic mass is 16.6. The summed E-state index contributed by atoms with van der Waals surface area (Å²) in [6, 6.07) is 9.68. The Morgan fingerprint density at radius 2 is 0.551 bits per heavy atom. The average molecular weight is 707 g/mol. The van der Waals surface area contributed by atoms with Crippen LogP contribution < -0.4 is 4.74 Å². The van der Waals surface area contributed by atoms with Crippen molar-refractivity contribution >= 4 is 0 Å². The highest BCUT2D eigenvalue weighted by molar-refractivity contribution is 5.20. The molecule has 0 unspecified atom stereocenters. The van der Waals surface area contributed by atoms with Crippen molar-refractivity contribution in [3.8, 4) is 5.75 Å². The number of benzene rings is 1. The summed E-state index contributed by atoms with van der Waals surface area (Å²) in [5, 5.41) is 0. The lowest BCUT2D eigenvalue weighted by Gasteiger charge is -2.09. The summed E-state index contributed by atoms with van der Waals surface area (Å²) in [4.78, 5) is 0. The van der Waals surface area contributed by atoms with Gasteiger partial charge in [0.2, 0.25) is 0 Å². The molecule has 49 heavy (non-hydrogen) atoms. The quantitative estimate of drug-likeness (QED) is 0.0917. The third-order valence-electron chi connectivity index (χ3n) is 6.47. The van der Waals surface area contributed by atoms with Crippen LogP contribution in [0.2, 0.25) is 0 Å². The summed E-state index contributed by atoms with van der Waals surface area (Å²) in [5.74, 6) is 0.845. The zero-order valence-electron chi connectivity index (χ0n) is 30.2. The molecular weight excluding hydrogens is 640 g/mol. The van der Waals surface area contributed by atoms with Gasteiger partial charge in [-0.2, -0.15) is 0 Å². The lowest BCUT2D eigenvalue weighted by molar-refractivity contribution is -0.0285. The van der Waals surface area contributed by atoms with Crippen LogP contribution in [-0.4, -0.2) is 165 Å². The molecule has 0 radical (unpaired) electrons. The third-order valence-corrected chi connectivity index (χ3v) is 6.47. The van der Waals surface area contributed by atoms with Gasteiger partial charge >= 0.3 is 0 Å². The van der Waals surface area contributed by atoms with E-state index in [0.717, 1.165) is 18.8 Å². The Morgan fingerprint density at radius 1 is 0.286 bits per heavy atom. The molecule has 0 amide bonds. The first kappa shape index (κ1) is 45.6. The zero-order chi connectivity index (χ0) is 34.8. The zero-order valence-corrected chi connectivity index (χ0v) is 30.2. The molecule has 0 saturated carbocycles. The molecule has 0 spiro atoms. The summed E-state index contributed by atoms with van der Waals surface area (Å²) in [5.41, 5.74) is 0. The molecule has 0 aromatic heterocycles. The summed E-state index contributed by atoms with van der Waals surface area (Å²) in [7, 11) is 0. The average Bonchev–Trinajstić information content (AvgIpc) is 3.12. The topological polar surface area (TPSA) is 120 Å². The van der Waals surface area contributed by atoms with E-state index >= 15 is 0 Å². The third kappa shape index (κ3) is 37.6. The van der Waals surface area contributed by atoms with Gasteiger partial charge < -0.3 is 61.6 Å². The van der Waals surface area contributed by atoms with E-state index in [2.05, 4.69) is 6.92 Å². The van der Waals surface area contributed by atoms with Gasteiger partial charge in [-0.1, -0.05) is 44.4 Å². The molecule has 0 saturated heterocycles. The van der Waals surface area contributed by atoms with Crippen molar-refractivity contribution in [2.24, 2.45) is 0 Å². The Balaban J connectivity index is 1.60. The molecule has 1 rings (SSSR count). The molecule has 0 atom stereocenters. The van der Waals surface area contributed by atoms with Crippen LogP contribution in [0.15, 0.2) is 30.3 Å². The lowest BCUT2D eigenvalue weighted by atomic mass is 10.2. The minimum absolute atomic E-state index is 0.512. The summed E-state index contributed by atoms with van der Waals surface area (Å²) in [6.45, 7) is 15.8. The van der Waals surface area contributed by atoms with Crippen LogP contribution >= 0.6 is 0 Å². The summed E-state index contributed by atoms with van der Waals surface area (Å²) >= 11 is 0. The molecule has 0 aliphatic carbocycles. The van der Waals surface area contributed by atoms with E-state index in [9.17, 15) is 0 Å².